The molecular formula is C18H26N2O7. The first-order valence-corrected chi connectivity index (χ1v) is 8.81. The van der Waals surface area contributed by atoms with Crippen molar-refractivity contribution in [1.29, 1.82) is 0 Å². The molecule has 1 aromatic carbocycles. The van der Waals surface area contributed by atoms with Crippen LogP contribution >= 0.6 is 0 Å². The summed E-state index contributed by atoms with van der Waals surface area (Å²) >= 11 is 0. The lowest BCUT2D eigenvalue weighted by atomic mass is 10.1. The minimum absolute atomic E-state index is 0.0353. The summed E-state index contributed by atoms with van der Waals surface area (Å²) in [6, 6.07) is 0.691. The van der Waals surface area contributed by atoms with Gasteiger partial charge < -0.3 is 31.1 Å². The van der Waals surface area contributed by atoms with Gasteiger partial charge in [0.05, 0.1) is 0 Å². The van der Waals surface area contributed by atoms with Gasteiger partial charge in [-0.15, -0.1) is 0 Å². The monoisotopic (exact) mass is 382 g/mol. The van der Waals surface area contributed by atoms with Gasteiger partial charge in [0.2, 0.25) is 5.91 Å². The maximum absolute atomic E-state index is 12.1. The molecule has 1 rings (SSSR count). The first-order chi connectivity index (χ1) is 12.8. The summed E-state index contributed by atoms with van der Waals surface area (Å²) in [6.45, 7) is 2.43. The number of hydrogen-bond acceptors (Lipinski definition) is 6. The van der Waals surface area contributed by atoms with Crippen molar-refractivity contribution in [3.8, 4) is 17.2 Å². The van der Waals surface area contributed by atoms with Crippen LogP contribution in [0.25, 0.3) is 0 Å². The summed E-state index contributed by atoms with van der Waals surface area (Å²) in [7, 11) is 0. The summed E-state index contributed by atoms with van der Waals surface area (Å²) in [5.41, 5.74) is -0.183. The molecule has 0 aromatic heterocycles. The van der Waals surface area contributed by atoms with Crippen LogP contribution in [-0.4, -0.2) is 50.8 Å². The third-order valence-corrected chi connectivity index (χ3v) is 3.93. The van der Waals surface area contributed by atoms with Gasteiger partial charge in [-0.05, 0) is 37.8 Å². The minimum atomic E-state index is -1.22. The van der Waals surface area contributed by atoms with Gasteiger partial charge in [-0.1, -0.05) is 13.3 Å². The minimum Gasteiger partial charge on any atom is -0.504 e. The fourth-order valence-electron chi connectivity index (χ4n) is 2.36. The average molecular weight is 382 g/mol. The standard InChI is InChI=1S/C18H26N2O7/c1-2-3-7-15(23)19-8-5-4-6-12(18(26)27)20-17(25)11-9-13(21)16(24)14(22)10-11/h9-10,12,21-22,24H,2-8H2,1H3,(H,19,23)(H,20,25)(H,26,27). The van der Waals surface area contributed by atoms with E-state index < -0.39 is 35.2 Å². The number of aromatic hydroxyl groups is 3. The van der Waals surface area contributed by atoms with Crippen molar-refractivity contribution in [3.63, 3.8) is 0 Å². The molecule has 1 unspecified atom stereocenters. The van der Waals surface area contributed by atoms with E-state index in [2.05, 4.69) is 10.6 Å². The van der Waals surface area contributed by atoms with Gasteiger partial charge in [0, 0.05) is 18.5 Å². The molecule has 0 bridgehead atoms. The van der Waals surface area contributed by atoms with Crippen molar-refractivity contribution in [2.45, 2.75) is 51.5 Å². The Morgan fingerprint density at radius 2 is 1.67 bits per heavy atom. The van der Waals surface area contributed by atoms with E-state index in [4.69, 9.17) is 0 Å². The number of aliphatic carboxylic acids is 1. The Morgan fingerprint density at radius 1 is 1.04 bits per heavy atom. The normalized spacial score (nSPS) is 11.6. The van der Waals surface area contributed by atoms with Gasteiger partial charge in [-0.3, -0.25) is 9.59 Å². The zero-order valence-electron chi connectivity index (χ0n) is 15.2. The van der Waals surface area contributed by atoms with Crippen molar-refractivity contribution < 1.29 is 34.8 Å². The number of nitrogens with one attached hydrogen (secondary N) is 2. The highest BCUT2D eigenvalue weighted by Crippen LogP contribution is 2.35. The molecule has 0 aliphatic heterocycles. The number of carboxylic acid groups (broad SMARTS) is 1. The van der Waals surface area contributed by atoms with Gasteiger partial charge in [-0.2, -0.15) is 0 Å². The molecule has 0 heterocycles. The molecule has 9 nitrogen and oxygen atoms in total. The second-order valence-corrected chi connectivity index (χ2v) is 6.18. The molecule has 0 aliphatic carbocycles. The Labute approximate surface area is 157 Å². The topological polar surface area (TPSA) is 156 Å². The summed E-state index contributed by atoms with van der Waals surface area (Å²) in [6.07, 6.45) is 3.42. The number of carbonyl (C=O) groups excluding carboxylic acids is 2. The molecule has 0 spiro atoms. The molecule has 9 heteroatoms. The maximum atomic E-state index is 12.1. The van der Waals surface area contributed by atoms with Crippen molar-refractivity contribution in [2.75, 3.05) is 6.54 Å². The molecule has 0 aliphatic rings. The number of carboxylic acids is 1. The number of amides is 2. The van der Waals surface area contributed by atoms with Crippen LogP contribution in [0, 0.1) is 0 Å². The van der Waals surface area contributed by atoms with Gasteiger partial charge in [0.15, 0.2) is 17.2 Å². The number of hydrogen-bond donors (Lipinski definition) is 6. The Bertz CT molecular complexity index is 653. The Balaban J connectivity index is 2.49. The average Bonchev–Trinajstić information content (AvgIpc) is 2.62. The highest BCUT2D eigenvalue weighted by atomic mass is 16.4. The maximum Gasteiger partial charge on any atom is 0.326 e. The van der Waals surface area contributed by atoms with Crippen LogP contribution in [0.2, 0.25) is 0 Å². The predicted molar refractivity (Wildman–Crippen MR) is 96.7 cm³/mol. The lowest BCUT2D eigenvalue weighted by Crippen LogP contribution is -2.40. The highest BCUT2D eigenvalue weighted by Gasteiger charge is 2.21. The van der Waals surface area contributed by atoms with Crippen molar-refractivity contribution in [2.24, 2.45) is 0 Å². The van der Waals surface area contributed by atoms with E-state index in [1.807, 2.05) is 6.92 Å². The van der Waals surface area contributed by atoms with Crippen molar-refractivity contribution in [1.82, 2.24) is 10.6 Å². The van der Waals surface area contributed by atoms with Crippen molar-refractivity contribution >= 4 is 17.8 Å². The lowest BCUT2D eigenvalue weighted by Gasteiger charge is -2.15. The first kappa shape index (κ1) is 22.1. The molecule has 1 atom stereocenters. The van der Waals surface area contributed by atoms with Crippen LogP contribution in [0.15, 0.2) is 12.1 Å². The number of unbranched alkanes of at least 4 members (excludes halogenated alkanes) is 2. The molecule has 0 saturated heterocycles. The lowest BCUT2D eigenvalue weighted by molar-refractivity contribution is -0.139. The second kappa shape index (κ2) is 10.9. The van der Waals surface area contributed by atoms with E-state index in [9.17, 15) is 34.8 Å². The van der Waals surface area contributed by atoms with E-state index in [1.165, 1.54) is 0 Å². The summed E-state index contributed by atoms with van der Waals surface area (Å²) in [4.78, 5) is 34.9. The largest absolute Gasteiger partial charge is 0.504 e. The quantitative estimate of drug-likeness (QED) is 0.250. The van der Waals surface area contributed by atoms with Crippen LogP contribution < -0.4 is 10.6 Å². The van der Waals surface area contributed by atoms with Gasteiger partial charge >= 0.3 is 5.97 Å². The van der Waals surface area contributed by atoms with Crippen LogP contribution in [0.5, 0.6) is 17.2 Å². The molecule has 0 radical (unpaired) electrons. The molecular weight excluding hydrogens is 356 g/mol. The SMILES string of the molecule is CCCCC(=O)NCCCCC(NC(=O)c1cc(O)c(O)c(O)c1)C(=O)O. The number of benzene rings is 1. The third-order valence-electron chi connectivity index (χ3n) is 3.93. The van der Waals surface area contributed by atoms with Gasteiger partial charge in [0.25, 0.3) is 5.91 Å². The zero-order valence-corrected chi connectivity index (χ0v) is 15.2. The number of carbonyl (C=O) groups is 3. The van der Waals surface area contributed by atoms with Gasteiger partial charge in [0.1, 0.15) is 6.04 Å². The number of phenols is 3. The zero-order chi connectivity index (χ0) is 20.4. The number of rotatable bonds is 11. The molecule has 2 amide bonds. The molecule has 150 valence electrons. The van der Waals surface area contributed by atoms with E-state index in [-0.39, 0.29) is 17.9 Å². The molecule has 0 fully saturated rings. The second-order valence-electron chi connectivity index (χ2n) is 6.18. The number of phenolic OH excluding ortho intramolecular Hbond substituents is 3. The summed E-state index contributed by atoms with van der Waals surface area (Å²) < 4.78 is 0. The van der Waals surface area contributed by atoms with Crippen molar-refractivity contribution in [3.05, 3.63) is 17.7 Å². The summed E-state index contributed by atoms with van der Waals surface area (Å²) in [5.74, 6) is -4.20. The van der Waals surface area contributed by atoms with Crippen LogP contribution in [0.3, 0.4) is 0 Å². The fraction of sp³-hybridized carbons (Fsp3) is 0.500. The van der Waals surface area contributed by atoms with Crippen LogP contribution in [-0.2, 0) is 9.59 Å². The molecule has 0 saturated carbocycles. The van der Waals surface area contributed by atoms with Crippen LogP contribution in [0.1, 0.15) is 55.8 Å². The molecule has 1 aromatic rings. The van der Waals surface area contributed by atoms with E-state index >= 15 is 0 Å². The Kier molecular flexibility index (Phi) is 8.91. The van der Waals surface area contributed by atoms with E-state index in [0.717, 1.165) is 25.0 Å². The van der Waals surface area contributed by atoms with E-state index in [1.54, 1.807) is 0 Å². The first-order valence-electron chi connectivity index (χ1n) is 8.81. The Morgan fingerprint density at radius 3 is 2.22 bits per heavy atom. The van der Waals surface area contributed by atoms with Crippen LogP contribution in [0.4, 0.5) is 0 Å². The van der Waals surface area contributed by atoms with Gasteiger partial charge in [-0.25, -0.2) is 4.79 Å². The predicted octanol–water partition coefficient (Wildman–Crippen LogP) is 1.46. The fourth-order valence-corrected chi connectivity index (χ4v) is 2.36. The highest BCUT2D eigenvalue weighted by molar-refractivity contribution is 5.97. The summed E-state index contributed by atoms with van der Waals surface area (Å²) in [5, 5.41) is 42.4. The Hall–Kier alpha value is -2.97. The third kappa shape index (κ3) is 7.43. The molecule has 6 N–H and O–H groups in total. The van der Waals surface area contributed by atoms with E-state index in [0.29, 0.717) is 25.8 Å². The smallest absolute Gasteiger partial charge is 0.326 e. The molecule has 27 heavy (non-hydrogen) atoms.